The molecule has 0 atom stereocenters. The Bertz CT molecular complexity index is 442. The number of benzene rings is 1. The van der Waals surface area contributed by atoms with Crippen LogP contribution < -0.4 is 5.32 Å². The highest BCUT2D eigenvalue weighted by atomic mass is 35.5. The third-order valence-corrected chi connectivity index (χ3v) is 4.11. The highest BCUT2D eigenvalue weighted by Crippen LogP contribution is 2.11. The zero-order chi connectivity index (χ0) is 15.1. The van der Waals surface area contributed by atoms with E-state index in [1.165, 1.54) is 0 Å². The van der Waals surface area contributed by atoms with E-state index in [9.17, 15) is 9.90 Å². The fourth-order valence-corrected chi connectivity index (χ4v) is 2.62. The zero-order valence-electron chi connectivity index (χ0n) is 12.2. The molecule has 1 aromatic carbocycles. The van der Waals surface area contributed by atoms with E-state index in [-0.39, 0.29) is 12.0 Å². The average Bonchev–Trinajstić information content (AvgIpc) is 2.49. The molecule has 1 aromatic rings. The Morgan fingerprint density at radius 3 is 2.62 bits per heavy atom. The van der Waals surface area contributed by atoms with Gasteiger partial charge in [0, 0.05) is 37.6 Å². The summed E-state index contributed by atoms with van der Waals surface area (Å²) in [7, 11) is 0. The predicted molar refractivity (Wildman–Crippen MR) is 84.5 cm³/mol. The van der Waals surface area contributed by atoms with E-state index >= 15 is 0 Å². The van der Waals surface area contributed by atoms with Gasteiger partial charge in [-0.2, -0.15) is 0 Å². The smallest absolute Gasteiger partial charge is 0.220 e. The molecule has 1 heterocycles. The van der Waals surface area contributed by atoms with Crippen molar-refractivity contribution in [3.63, 3.8) is 0 Å². The van der Waals surface area contributed by atoms with Crippen molar-refractivity contribution in [3.8, 4) is 0 Å². The molecular weight excluding hydrogens is 288 g/mol. The van der Waals surface area contributed by atoms with Gasteiger partial charge < -0.3 is 15.3 Å². The normalized spacial score (nSPS) is 16.9. The zero-order valence-corrected chi connectivity index (χ0v) is 13.0. The number of aliphatic hydroxyl groups excluding tert-OH is 1. The van der Waals surface area contributed by atoms with Gasteiger partial charge in [0.15, 0.2) is 0 Å². The summed E-state index contributed by atoms with van der Waals surface area (Å²) < 4.78 is 0. The molecule has 1 amide bonds. The highest BCUT2D eigenvalue weighted by molar-refractivity contribution is 6.30. The van der Waals surface area contributed by atoms with Crippen LogP contribution in [0, 0.1) is 0 Å². The van der Waals surface area contributed by atoms with E-state index in [1.807, 2.05) is 24.3 Å². The molecule has 1 fully saturated rings. The average molecular weight is 311 g/mol. The lowest BCUT2D eigenvalue weighted by atomic mass is 10.1. The summed E-state index contributed by atoms with van der Waals surface area (Å²) in [6.07, 6.45) is 2.77. The van der Waals surface area contributed by atoms with Crippen LogP contribution in [0.15, 0.2) is 24.3 Å². The number of aryl methyl sites for hydroxylation is 1. The fraction of sp³-hybridized carbons (Fsp3) is 0.562. The number of halogens is 1. The number of hydrogen-bond donors (Lipinski definition) is 2. The largest absolute Gasteiger partial charge is 0.393 e. The minimum atomic E-state index is -0.143. The van der Waals surface area contributed by atoms with Crippen molar-refractivity contribution in [2.24, 2.45) is 0 Å². The maximum absolute atomic E-state index is 11.8. The maximum Gasteiger partial charge on any atom is 0.220 e. The van der Waals surface area contributed by atoms with Crippen molar-refractivity contribution in [3.05, 3.63) is 34.9 Å². The molecule has 1 aliphatic heterocycles. The summed E-state index contributed by atoms with van der Waals surface area (Å²) >= 11 is 5.83. The lowest BCUT2D eigenvalue weighted by Gasteiger charge is -2.29. The molecule has 0 saturated carbocycles. The molecule has 21 heavy (non-hydrogen) atoms. The molecule has 116 valence electrons. The topological polar surface area (TPSA) is 52.6 Å². The molecule has 0 bridgehead atoms. The summed E-state index contributed by atoms with van der Waals surface area (Å²) in [5, 5.41) is 13.1. The Labute approximate surface area is 131 Å². The van der Waals surface area contributed by atoms with Crippen LogP contribution in [0.4, 0.5) is 0 Å². The Kier molecular flexibility index (Phi) is 6.49. The standard InChI is InChI=1S/C16H23ClN2O2/c17-14-4-1-13(2-5-14)3-6-16(21)18-9-12-19-10-7-15(20)8-11-19/h1-2,4-5,15,20H,3,6-12H2,(H,18,21). The molecular formula is C16H23ClN2O2. The number of hydrogen-bond acceptors (Lipinski definition) is 3. The van der Waals surface area contributed by atoms with Crippen LogP contribution in [0.25, 0.3) is 0 Å². The van der Waals surface area contributed by atoms with Gasteiger partial charge in [0.2, 0.25) is 5.91 Å². The van der Waals surface area contributed by atoms with Gasteiger partial charge in [-0.05, 0) is 37.0 Å². The molecule has 0 radical (unpaired) electrons. The van der Waals surface area contributed by atoms with Gasteiger partial charge in [-0.1, -0.05) is 23.7 Å². The van der Waals surface area contributed by atoms with Gasteiger partial charge in [-0.15, -0.1) is 0 Å². The summed E-state index contributed by atoms with van der Waals surface area (Å²) in [5.41, 5.74) is 1.12. The van der Waals surface area contributed by atoms with E-state index in [4.69, 9.17) is 11.6 Å². The summed E-state index contributed by atoms with van der Waals surface area (Å²) in [4.78, 5) is 14.1. The van der Waals surface area contributed by atoms with E-state index in [0.717, 1.165) is 49.5 Å². The number of piperidine rings is 1. The number of amides is 1. The maximum atomic E-state index is 11.8. The Balaban J connectivity index is 1.58. The number of nitrogens with zero attached hydrogens (tertiary/aromatic N) is 1. The van der Waals surface area contributed by atoms with Crippen molar-refractivity contribution in [1.82, 2.24) is 10.2 Å². The number of nitrogens with one attached hydrogen (secondary N) is 1. The minimum absolute atomic E-state index is 0.0852. The molecule has 2 N–H and O–H groups in total. The van der Waals surface area contributed by atoms with Gasteiger partial charge >= 0.3 is 0 Å². The Morgan fingerprint density at radius 1 is 1.29 bits per heavy atom. The van der Waals surface area contributed by atoms with Crippen LogP contribution in [0.5, 0.6) is 0 Å². The van der Waals surface area contributed by atoms with Gasteiger partial charge in [0.1, 0.15) is 0 Å². The van der Waals surface area contributed by atoms with Gasteiger partial charge in [0.05, 0.1) is 6.10 Å². The molecule has 4 nitrogen and oxygen atoms in total. The SMILES string of the molecule is O=C(CCc1ccc(Cl)cc1)NCCN1CCC(O)CC1. The summed E-state index contributed by atoms with van der Waals surface area (Å²) in [5.74, 6) is 0.0852. The first-order chi connectivity index (χ1) is 10.1. The second-order valence-electron chi connectivity index (χ2n) is 5.55. The van der Waals surface area contributed by atoms with Crippen molar-refractivity contribution in [2.75, 3.05) is 26.2 Å². The predicted octanol–water partition coefficient (Wildman–Crippen LogP) is 1.85. The monoisotopic (exact) mass is 310 g/mol. The van der Waals surface area contributed by atoms with Crippen LogP contribution in [-0.4, -0.2) is 48.2 Å². The molecule has 1 aliphatic rings. The molecule has 0 unspecified atom stereocenters. The van der Waals surface area contributed by atoms with Gasteiger partial charge in [-0.3, -0.25) is 4.79 Å². The fourth-order valence-electron chi connectivity index (χ4n) is 2.49. The molecule has 0 aliphatic carbocycles. The third-order valence-electron chi connectivity index (χ3n) is 3.86. The second kappa shape index (κ2) is 8.37. The van der Waals surface area contributed by atoms with Crippen LogP contribution in [-0.2, 0) is 11.2 Å². The third kappa shape index (κ3) is 6.04. The molecule has 1 saturated heterocycles. The summed E-state index contributed by atoms with van der Waals surface area (Å²) in [6, 6.07) is 7.60. The van der Waals surface area contributed by atoms with E-state index in [2.05, 4.69) is 10.2 Å². The lowest BCUT2D eigenvalue weighted by molar-refractivity contribution is -0.121. The number of aliphatic hydroxyl groups is 1. The number of likely N-dealkylation sites (tertiary alicyclic amines) is 1. The Hall–Kier alpha value is -1.10. The van der Waals surface area contributed by atoms with Crippen LogP contribution in [0.3, 0.4) is 0 Å². The van der Waals surface area contributed by atoms with E-state index in [1.54, 1.807) is 0 Å². The van der Waals surface area contributed by atoms with Gasteiger partial charge in [-0.25, -0.2) is 0 Å². The van der Waals surface area contributed by atoms with Crippen molar-refractivity contribution >= 4 is 17.5 Å². The highest BCUT2D eigenvalue weighted by Gasteiger charge is 2.16. The quantitative estimate of drug-likeness (QED) is 0.843. The number of rotatable bonds is 6. The molecule has 5 heteroatoms. The van der Waals surface area contributed by atoms with Crippen molar-refractivity contribution in [1.29, 1.82) is 0 Å². The van der Waals surface area contributed by atoms with E-state index < -0.39 is 0 Å². The van der Waals surface area contributed by atoms with Crippen LogP contribution in [0.2, 0.25) is 5.02 Å². The lowest BCUT2D eigenvalue weighted by Crippen LogP contribution is -2.40. The van der Waals surface area contributed by atoms with Gasteiger partial charge in [0.25, 0.3) is 0 Å². The summed E-state index contributed by atoms with van der Waals surface area (Å²) in [6.45, 7) is 3.37. The second-order valence-corrected chi connectivity index (χ2v) is 5.99. The first kappa shape index (κ1) is 16.3. The first-order valence-electron chi connectivity index (χ1n) is 7.55. The minimum Gasteiger partial charge on any atom is -0.393 e. The number of carbonyl (C=O) groups excluding carboxylic acids is 1. The number of carbonyl (C=O) groups is 1. The van der Waals surface area contributed by atoms with Crippen molar-refractivity contribution < 1.29 is 9.90 Å². The first-order valence-corrected chi connectivity index (χ1v) is 7.93. The van der Waals surface area contributed by atoms with Crippen molar-refractivity contribution in [2.45, 2.75) is 31.8 Å². The van der Waals surface area contributed by atoms with Crippen LogP contribution in [0.1, 0.15) is 24.8 Å². The van der Waals surface area contributed by atoms with E-state index in [0.29, 0.717) is 13.0 Å². The molecule has 2 rings (SSSR count). The Morgan fingerprint density at radius 2 is 1.95 bits per heavy atom. The van der Waals surface area contributed by atoms with Crippen LogP contribution >= 0.6 is 11.6 Å². The molecule has 0 spiro atoms. The molecule has 0 aromatic heterocycles.